The van der Waals surface area contributed by atoms with Crippen LogP contribution in [0.3, 0.4) is 0 Å². The number of hydrogen-bond donors (Lipinski definition) is 1. The smallest absolute Gasteiger partial charge is 0.386 e. The Hall–Kier alpha value is -1.07. The first kappa shape index (κ1) is 16.0. The zero-order valence-corrected chi connectivity index (χ0v) is 10.9. The number of aliphatic hydroxyl groups is 1. The molecule has 1 unspecified atom stereocenters. The first-order valence-corrected chi connectivity index (χ1v) is 6.34. The van der Waals surface area contributed by atoms with Crippen LogP contribution in [0.25, 0.3) is 0 Å². The summed E-state index contributed by atoms with van der Waals surface area (Å²) in [5.41, 5.74) is 1.88. The van der Waals surface area contributed by atoms with E-state index >= 15 is 0 Å². The van der Waals surface area contributed by atoms with Crippen molar-refractivity contribution in [3.63, 3.8) is 0 Å². The number of ether oxygens (including phenoxy) is 1. The van der Waals surface area contributed by atoms with Gasteiger partial charge in [0.25, 0.3) is 0 Å². The minimum Gasteiger partial charge on any atom is -0.386 e. The molecule has 2 nitrogen and oxygen atoms in total. The van der Waals surface area contributed by atoms with E-state index in [0.29, 0.717) is 5.56 Å². The molecule has 0 aliphatic rings. The van der Waals surface area contributed by atoms with Crippen LogP contribution in [0.5, 0.6) is 0 Å². The molecule has 0 aromatic heterocycles. The van der Waals surface area contributed by atoms with Gasteiger partial charge in [0.1, 0.15) is 6.10 Å². The summed E-state index contributed by atoms with van der Waals surface area (Å²) in [6.45, 7) is 2.06. The molecule has 19 heavy (non-hydrogen) atoms. The fraction of sp³-hybridized carbons (Fsp3) is 0.571. The van der Waals surface area contributed by atoms with Crippen molar-refractivity contribution in [2.24, 2.45) is 0 Å². The number of rotatable bonds is 7. The average molecular weight is 276 g/mol. The van der Waals surface area contributed by atoms with Crippen molar-refractivity contribution >= 4 is 0 Å². The van der Waals surface area contributed by atoms with Crippen LogP contribution in [0.2, 0.25) is 0 Å². The molecule has 1 N–H and O–H groups in total. The Morgan fingerprint density at radius 3 is 2.37 bits per heavy atom. The molecule has 0 heterocycles. The van der Waals surface area contributed by atoms with Gasteiger partial charge in [-0.1, -0.05) is 31.2 Å². The van der Waals surface area contributed by atoms with Gasteiger partial charge in [0.2, 0.25) is 0 Å². The summed E-state index contributed by atoms with van der Waals surface area (Å²) < 4.78 is 40.7. The molecule has 1 aromatic rings. The summed E-state index contributed by atoms with van der Waals surface area (Å²) in [4.78, 5) is 0. The van der Waals surface area contributed by atoms with E-state index in [1.165, 1.54) is 5.56 Å². The van der Waals surface area contributed by atoms with Crippen molar-refractivity contribution in [3.8, 4) is 0 Å². The molecule has 0 saturated carbocycles. The third-order valence-electron chi connectivity index (χ3n) is 2.80. The van der Waals surface area contributed by atoms with E-state index in [1.54, 1.807) is 0 Å². The molecular weight excluding hydrogens is 257 g/mol. The second kappa shape index (κ2) is 7.50. The normalized spacial score (nSPS) is 13.5. The third-order valence-corrected chi connectivity index (χ3v) is 2.80. The van der Waals surface area contributed by atoms with Gasteiger partial charge in [-0.2, -0.15) is 13.2 Å². The van der Waals surface area contributed by atoms with Crippen molar-refractivity contribution < 1.29 is 23.0 Å². The molecule has 0 aliphatic carbocycles. The van der Waals surface area contributed by atoms with Crippen molar-refractivity contribution in [2.75, 3.05) is 13.2 Å². The van der Waals surface area contributed by atoms with E-state index in [1.807, 2.05) is 31.2 Å². The number of benzene rings is 1. The van der Waals surface area contributed by atoms with E-state index in [-0.39, 0.29) is 19.6 Å². The second-order valence-electron chi connectivity index (χ2n) is 4.40. The van der Waals surface area contributed by atoms with Gasteiger partial charge >= 0.3 is 6.18 Å². The molecule has 1 rings (SSSR count). The van der Waals surface area contributed by atoms with Crippen molar-refractivity contribution in [2.45, 2.75) is 38.5 Å². The Morgan fingerprint density at radius 2 is 1.84 bits per heavy atom. The van der Waals surface area contributed by atoms with Gasteiger partial charge in [-0.05, 0) is 24.0 Å². The van der Waals surface area contributed by atoms with Crippen molar-refractivity contribution in [1.82, 2.24) is 0 Å². The topological polar surface area (TPSA) is 29.5 Å². The van der Waals surface area contributed by atoms with E-state index in [0.717, 1.165) is 6.42 Å². The highest BCUT2D eigenvalue weighted by Gasteiger charge is 2.25. The minimum absolute atomic E-state index is 0.00358. The Kier molecular flexibility index (Phi) is 6.31. The summed E-state index contributed by atoms with van der Waals surface area (Å²) in [5.74, 6) is 0. The van der Waals surface area contributed by atoms with Gasteiger partial charge in [-0.3, -0.25) is 0 Å². The number of aryl methyl sites for hydroxylation is 1. The van der Waals surface area contributed by atoms with E-state index < -0.39 is 18.7 Å². The number of aliphatic hydroxyl groups excluding tert-OH is 1. The number of alkyl halides is 3. The largest absolute Gasteiger partial charge is 0.389 e. The Bertz CT molecular complexity index is 360. The third kappa shape index (κ3) is 6.59. The molecule has 1 atom stereocenters. The molecule has 0 saturated heterocycles. The first-order valence-electron chi connectivity index (χ1n) is 6.34. The summed E-state index contributed by atoms with van der Waals surface area (Å²) in [6.07, 6.45) is -4.95. The van der Waals surface area contributed by atoms with Gasteiger partial charge < -0.3 is 9.84 Å². The standard InChI is InChI=1S/C14H19F3O2/c1-2-11-4-6-12(7-5-11)13(18)10-19-9-3-8-14(15,16)17/h4-7,13,18H,2-3,8-10H2,1H3. The Balaban J connectivity index is 2.25. The quantitative estimate of drug-likeness (QED) is 0.770. The molecule has 0 spiro atoms. The van der Waals surface area contributed by atoms with Crippen LogP contribution in [-0.2, 0) is 11.2 Å². The molecule has 0 bridgehead atoms. The van der Waals surface area contributed by atoms with Crippen LogP contribution >= 0.6 is 0 Å². The fourth-order valence-electron chi connectivity index (χ4n) is 1.64. The lowest BCUT2D eigenvalue weighted by Crippen LogP contribution is -2.11. The molecule has 1 aromatic carbocycles. The van der Waals surface area contributed by atoms with Crippen molar-refractivity contribution in [3.05, 3.63) is 35.4 Å². The fourth-order valence-corrected chi connectivity index (χ4v) is 1.64. The zero-order valence-electron chi connectivity index (χ0n) is 10.9. The molecule has 0 radical (unpaired) electrons. The van der Waals surface area contributed by atoms with Crippen LogP contribution in [0.1, 0.15) is 37.0 Å². The lowest BCUT2D eigenvalue weighted by atomic mass is 10.1. The van der Waals surface area contributed by atoms with Gasteiger partial charge in [-0.15, -0.1) is 0 Å². The molecule has 0 fully saturated rings. The summed E-state index contributed by atoms with van der Waals surface area (Å²) >= 11 is 0. The van der Waals surface area contributed by atoms with Gasteiger partial charge in [0.15, 0.2) is 0 Å². The molecule has 5 heteroatoms. The first-order chi connectivity index (χ1) is 8.92. The summed E-state index contributed by atoms with van der Waals surface area (Å²) in [7, 11) is 0. The molecule has 108 valence electrons. The summed E-state index contributed by atoms with van der Waals surface area (Å²) in [5, 5.41) is 9.80. The highest BCUT2D eigenvalue weighted by molar-refractivity contribution is 5.24. The molecule has 0 amide bonds. The van der Waals surface area contributed by atoms with Crippen molar-refractivity contribution in [1.29, 1.82) is 0 Å². The van der Waals surface area contributed by atoms with E-state index in [4.69, 9.17) is 4.74 Å². The number of halogens is 3. The Labute approximate surface area is 111 Å². The summed E-state index contributed by atoms with van der Waals surface area (Å²) in [6, 6.07) is 7.45. The highest BCUT2D eigenvalue weighted by Crippen LogP contribution is 2.21. The highest BCUT2D eigenvalue weighted by atomic mass is 19.4. The van der Waals surface area contributed by atoms with Crippen LogP contribution < -0.4 is 0 Å². The van der Waals surface area contributed by atoms with Crippen LogP contribution in [-0.4, -0.2) is 24.5 Å². The average Bonchev–Trinajstić information content (AvgIpc) is 2.37. The molecule has 0 aliphatic heterocycles. The van der Waals surface area contributed by atoms with Crippen LogP contribution in [0, 0.1) is 0 Å². The lowest BCUT2D eigenvalue weighted by molar-refractivity contribution is -0.138. The zero-order chi connectivity index (χ0) is 14.3. The predicted octanol–water partition coefficient (Wildman–Crippen LogP) is 3.64. The maximum atomic E-state index is 11.9. The SMILES string of the molecule is CCc1ccc(C(O)COCCCC(F)(F)F)cc1. The lowest BCUT2D eigenvalue weighted by Gasteiger charge is -2.12. The second-order valence-corrected chi connectivity index (χ2v) is 4.40. The van der Waals surface area contributed by atoms with Gasteiger partial charge in [-0.25, -0.2) is 0 Å². The van der Waals surface area contributed by atoms with E-state index in [9.17, 15) is 18.3 Å². The Morgan fingerprint density at radius 1 is 1.21 bits per heavy atom. The minimum atomic E-state index is -4.14. The predicted molar refractivity (Wildman–Crippen MR) is 66.9 cm³/mol. The van der Waals surface area contributed by atoms with E-state index in [2.05, 4.69) is 0 Å². The van der Waals surface area contributed by atoms with Crippen LogP contribution in [0.4, 0.5) is 13.2 Å². The maximum Gasteiger partial charge on any atom is 0.389 e. The maximum absolute atomic E-state index is 11.9. The number of hydrogen-bond acceptors (Lipinski definition) is 2. The van der Waals surface area contributed by atoms with Gasteiger partial charge in [0.05, 0.1) is 6.61 Å². The molecular formula is C14H19F3O2. The monoisotopic (exact) mass is 276 g/mol. The van der Waals surface area contributed by atoms with Gasteiger partial charge in [0, 0.05) is 13.0 Å². The van der Waals surface area contributed by atoms with Crippen LogP contribution in [0.15, 0.2) is 24.3 Å².